The first-order valence-electron chi connectivity index (χ1n) is 8.69. The maximum atomic E-state index is 11.6. The second-order valence-corrected chi connectivity index (χ2v) is 7.43. The summed E-state index contributed by atoms with van der Waals surface area (Å²) in [6.45, 7) is 2.12. The van der Waals surface area contributed by atoms with E-state index in [9.17, 15) is 4.91 Å². The molecule has 0 saturated carbocycles. The fourth-order valence-corrected chi connectivity index (χ4v) is 3.61. The van der Waals surface area contributed by atoms with E-state index < -0.39 is 0 Å². The molecule has 3 aromatic rings. The molecule has 0 fully saturated rings. The fraction of sp³-hybridized carbons (Fsp3) is 0.227. The molecule has 0 aliphatic carbocycles. The monoisotopic (exact) mass is 408 g/mol. The van der Waals surface area contributed by atoms with Gasteiger partial charge in [0.15, 0.2) is 0 Å². The van der Waals surface area contributed by atoms with Crippen LogP contribution in [0, 0.1) is 11.8 Å². The maximum Gasteiger partial charge on any atom is 0.0968 e. The molecule has 2 atom stereocenters. The van der Waals surface area contributed by atoms with Gasteiger partial charge in [0.25, 0.3) is 0 Å². The maximum absolute atomic E-state index is 11.6. The molecular weight excluding hydrogens is 388 g/mol. The topological polar surface area (TPSA) is 42.3 Å². The molecule has 0 amide bonds. The van der Waals surface area contributed by atoms with Crippen molar-refractivity contribution in [1.29, 1.82) is 0 Å². The van der Waals surface area contributed by atoms with E-state index in [2.05, 4.69) is 63.3 Å². The van der Waals surface area contributed by atoms with Crippen molar-refractivity contribution in [2.75, 3.05) is 0 Å². The summed E-state index contributed by atoms with van der Waals surface area (Å²) in [4.78, 5) is 15.6. The van der Waals surface area contributed by atoms with Crippen molar-refractivity contribution in [2.24, 2.45) is 5.18 Å². The van der Waals surface area contributed by atoms with Gasteiger partial charge in [0.05, 0.1) is 6.04 Å². The van der Waals surface area contributed by atoms with E-state index in [4.69, 9.17) is 0 Å². The van der Waals surface area contributed by atoms with Crippen LogP contribution < -0.4 is 0 Å². The molecule has 0 bridgehead atoms. The molecule has 0 N–H and O–H groups in total. The number of aromatic nitrogens is 1. The van der Waals surface area contributed by atoms with Gasteiger partial charge < -0.3 is 0 Å². The van der Waals surface area contributed by atoms with E-state index in [1.165, 1.54) is 16.7 Å². The highest BCUT2D eigenvalue weighted by Crippen LogP contribution is 2.33. The quantitative estimate of drug-likeness (QED) is 0.446. The molecule has 0 aliphatic heterocycles. The Bertz CT molecular complexity index is 850. The van der Waals surface area contributed by atoms with Crippen LogP contribution in [0.15, 0.2) is 82.7 Å². The summed E-state index contributed by atoms with van der Waals surface area (Å²) in [6.07, 6.45) is 4.82. The lowest BCUT2D eigenvalue weighted by Crippen LogP contribution is -2.15. The third kappa shape index (κ3) is 4.64. The summed E-state index contributed by atoms with van der Waals surface area (Å²) < 4.78 is 1.05. The molecule has 1 heterocycles. The van der Waals surface area contributed by atoms with Gasteiger partial charge in [-0.1, -0.05) is 57.5 Å². The number of aryl methyl sites for hydroxylation is 1. The van der Waals surface area contributed by atoms with Crippen molar-refractivity contribution < 1.29 is 0 Å². The highest BCUT2D eigenvalue weighted by atomic mass is 79.9. The van der Waals surface area contributed by atoms with Gasteiger partial charge in [-0.3, -0.25) is 4.98 Å². The third-order valence-corrected chi connectivity index (χ3v) is 5.24. The van der Waals surface area contributed by atoms with Crippen LogP contribution in [0.3, 0.4) is 0 Å². The van der Waals surface area contributed by atoms with E-state index in [-0.39, 0.29) is 12.0 Å². The largest absolute Gasteiger partial charge is 0.265 e. The van der Waals surface area contributed by atoms with Crippen LogP contribution in [0.25, 0.3) is 0 Å². The van der Waals surface area contributed by atoms with Crippen molar-refractivity contribution >= 4 is 15.9 Å². The first-order valence-corrected chi connectivity index (χ1v) is 9.49. The van der Waals surface area contributed by atoms with Crippen LogP contribution in [0.2, 0.25) is 0 Å². The number of rotatable bonds is 7. The van der Waals surface area contributed by atoms with E-state index in [1.54, 1.807) is 12.4 Å². The molecule has 1 aromatic heterocycles. The fourth-order valence-electron chi connectivity index (χ4n) is 3.34. The number of benzene rings is 2. The molecule has 0 radical (unpaired) electrons. The zero-order valence-corrected chi connectivity index (χ0v) is 16.3. The Labute approximate surface area is 162 Å². The minimum Gasteiger partial charge on any atom is -0.265 e. The lowest BCUT2D eigenvalue weighted by atomic mass is 9.83. The second kappa shape index (κ2) is 8.86. The van der Waals surface area contributed by atoms with E-state index in [1.807, 2.05) is 30.3 Å². The van der Waals surface area contributed by atoms with Gasteiger partial charge >= 0.3 is 0 Å². The zero-order valence-electron chi connectivity index (χ0n) is 14.7. The van der Waals surface area contributed by atoms with Gasteiger partial charge in [0, 0.05) is 22.8 Å². The van der Waals surface area contributed by atoms with Crippen LogP contribution in [0.5, 0.6) is 0 Å². The van der Waals surface area contributed by atoms with E-state index >= 15 is 0 Å². The van der Waals surface area contributed by atoms with Crippen molar-refractivity contribution in [3.63, 3.8) is 0 Å². The summed E-state index contributed by atoms with van der Waals surface area (Å²) in [5, 5.41) is 3.44. The van der Waals surface area contributed by atoms with Crippen LogP contribution in [-0.2, 0) is 6.42 Å². The van der Waals surface area contributed by atoms with Crippen LogP contribution in [0.1, 0.15) is 34.6 Å². The van der Waals surface area contributed by atoms with Crippen LogP contribution in [-0.4, -0.2) is 11.0 Å². The van der Waals surface area contributed by atoms with Gasteiger partial charge in [-0.15, -0.1) is 0 Å². The molecule has 3 nitrogen and oxygen atoms in total. The van der Waals surface area contributed by atoms with Crippen molar-refractivity contribution in [2.45, 2.75) is 31.7 Å². The Morgan fingerprint density at radius 2 is 1.69 bits per heavy atom. The van der Waals surface area contributed by atoms with Crippen molar-refractivity contribution in [1.82, 2.24) is 4.98 Å². The highest BCUT2D eigenvalue weighted by molar-refractivity contribution is 9.10. The number of hydrogen-bond donors (Lipinski definition) is 0. The average Bonchev–Trinajstić information content (AvgIpc) is 2.67. The van der Waals surface area contributed by atoms with Gasteiger partial charge in [0.1, 0.15) is 0 Å². The van der Waals surface area contributed by atoms with Gasteiger partial charge in [0.2, 0.25) is 0 Å². The molecule has 26 heavy (non-hydrogen) atoms. The summed E-state index contributed by atoms with van der Waals surface area (Å²) in [7, 11) is 0. The average molecular weight is 409 g/mol. The van der Waals surface area contributed by atoms with E-state index in [0.717, 1.165) is 10.0 Å². The minimum atomic E-state index is -0.286. The Kier molecular flexibility index (Phi) is 6.29. The standard InChI is InChI=1S/C22H21BrN2O/c1-16-4-2-3-5-21(16)22(18-6-8-19(23)9-7-18)15-20(25-26)14-17-10-12-24-13-11-17/h2-13,20,22H,14-15H2,1H3/t20?,22-/m1/s1. The minimum absolute atomic E-state index is 0.133. The van der Waals surface area contributed by atoms with Crippen LogP contribution >= 0.6 is 15.9 Å². The SMILES string of the molecule is Cc1ccccc1[C@H](CC(Cc1ccncc1)N=O)c1ccc(Br)cc1. The van der Waals surface area contributed by atoms with Crippen molar-refractivity contribution in [3.8, 4) is 0 Å². The molecule has 132 valence electrons. The lowest BCUT2D eigenvalue weighted by Gasteiger charge is -2.22. The smallest absolute Gasteiger partial charge is 0.0968 e. The predicted molar refractivity (Wildman–Crippen MR) is 109 cm³/mol. The molecule has 4 heteroatoms. The molecule has 0 saturated heterocycles. The molecule has 0 spiro atoms. The first kappa shape index (κ1) is 18.5. The zero-order chi connectivity index (χ0) is 18.4. The molecule has 2 aromatic carbocycles. The molecular formula is C22H21BrN2O. The number of nitroso groups, excluding NO2 is 1. The van der Waals surface area contributed by atoms with E-state index in [0.29, 0.717) is 12.8 Å². The van der Waals surface area contributed by atoms with Gasteiger partial charge in [-0.2, -0.15) is 4.91 Å². The summed E-state index contributed by atoms with van der Waals surface area (Å²) >= 11 is 3.50. The number of hydrogen-bond acceptors (Lipinski definition) is 3. The molecule has 0 aliphatic rings. The summed E-state index contributed by atoms with van der Waals surface area (Å²) in [5.41, 5.74) is 4.77. The predicted octanol–water partition coefficient (Wildman–Crippen LogP) is 6.05. The first-order chi connectivity index (χ1) is 12.7. The van der Waals surface area contributed by atoms with Gasteiger partial charge in [-0.25, -0.2) is 0 Å². The Morgan fingerprint density at radius 1 is 1.00 bits per heavy atom. The van der Waals surface area contributed by atoms with Crippen LogP contribution in [0.4, 0.5) is 0 Å². The normalized spacial score (nSPS) is 13.2. The molecule has 1 unspecified atom stereocenters. The molecule has 3 rings (SSSR count). The number of nitrogens with zero attached hydrogens (tertiary/aromatic N) is 2. The Hall–Kier alpha value is -2.33. The Morgan fingerprint density at radius 3 is 2.35 bits per heavy atom. The third-order valence-electron chi connectivity index (χ3n) is 4.71. The van der Waals surface area contributed by atoms with Gasteiger partial charge in [-0.05, 0) is 66.3 Å². The Balaban J connectivity index is 1.91. The highest BCUT2D eigenvalue weighted by Gasteiger charge is 2.22. The second-order valence-electron chi connectivity index (χ2n) is 6.52. The number of pyridine rings is 1. The summed E-state index contributed by atoms with van der Waals surface area (Å²) in [5.74, 6) is 0.133. The lowest BCUT2D eigenvalue weighted by molar-refractivity contribution is 0.564. The number of halogens is 1. The summed E-state index contributed by atoms with van der Waals surface area (Å²) in [6, 6.07) is 20.3. The van der Waals surface area contributed by atoms with Crippen molar-refractivity contribution in [3.05, 3.63) is 105 Å².